The van der Waals surface area contributed by atoms with Crippen molar-refractivity contribution in [1.82, 2.24) is 19.7 Å². The van der Waals surface area contributed by atoms with E-state index >= 15 is 0 Å². The smallest absolute Gasteiger partial charge is 0.339 e. The highest BCUT2D eigenvalue weighted by atomic mass is 16.5. The third-order valence-electron chi connectivity index (χ3n) is 2.51. The summed E-state index contributed by atoms with van der Waals surface area (Å²) in [6, 6.07) is 1.71. The second-order valence-electron chi connectivity index (χ2n) is 3.74. The molecule has 0 radical (unpaired) electrons. The highest BCUT2D eigenvalue weighted by molar-refractivity contribution is 5.88. The number of carboxylic acids is 1. The molecule has 8 nitrogen and oxygen atoms in total. The third-order valence-corrected chi connectivity index (χ3v) is 2.51. The Morgan fingerprint density at radius 3 is 3.00 bits per heavy atom. The van der Waals surface area contributed by atoms with Crippen LogP contribution in [0.15, 0.2) is 18.6 Å². The highest BCUT2D eigenvalue weighted by Gasteiger charge is 2.12. The topological polar surface area (TPSA) is 102 Å². The molecule has 0 spiro atoms. The summed E-state index contributed by atoms with van der Waals surface area (Å²) in [4.78, 5) is 18.6. The van der Waals surface area contributed by atoms with Gasteiger partial charge in [-0.05, 0) is 0 Å². The second-order valence-corrected chi connectivity index (χ2v) is 3.74. The zero-order valence-electron chi connectivity index (χ0n) is 10.5. The summed E-state index contributed by atoms with van der Waals surface area (Å²) in [6.45, 7) is 0.240. The molecule has 0 bridgehead atoms. The molecule has 0 fully saturated rings. The summed E-state index contributed by atoms with van der Waals surface area (Å²) in [7, 11) is 3.30. The number of nitrogens with zero attached hydrogens (tertiary/aromatic N) is 4. The molecule has 0 saturated heterocycles. The maximum absolute atomic E-state index is 11.0. The van der Waals surface area contributed by atoms with E-state index < -0.39 is 5.97 Å². The van der Waals surface area contributed by atoms with E-state index in [0.717, 1.165) is 0 Å². The van der Waals surface area contributed by atoms with Gasteiger partial charge in [-0.2, -0.15) is 5.10 Å². The molecule has 2 heterocycles. The van der Waals surface area contributed by atoms with Gasteiger partial charge in [-0.3, -0.25) is 0 Å². The van der Waals surface area contributed by atoms with E-state index in [1.54, 1.807) is 24.9 Å². The van der Waals surface area contributed by atoms with E-state index in [1.165, 1.54) is 12.5 Å². The summed E-state index contributed by atoms with van der Waals surface area (Å²) >= 11 is 0. The van der Waals surface area contributed by atoms with Crippen molar-refractivity contribution >= 4 is 11.8 Å². The monoisotopic (exact) mass is 263 g/mol. The molecule has 0 atom stereocenters. The van der Waals surface area contributed by atoms with Crippen molar-refractivity contribution < 1.29 is 14.6 Å². The Bertz CT molecular complexity index is 596. The van der Waals surface area contributed by atoms with Crippen molar-refractivity contribution in [3.8, 4) is 5.88 Å². The summed E-state index contributed by atoms with van der Waals surface area (Å²) < 4.78 is 6.65. The van der Waals surface area contributed by atoms with E-state index in [0.29, 0.717) is 17.4 Å². The number of anilines is 1. The number of hydrogen-bond acceptors (Lipinski definition) is 6. The number of ether oxygens (including phenoxy) is 1. The SMILES string of the molecule is COc1cc(NCc2ncncc2C(=O)O)nn1C. The molecule has 19 heavy (non-hydrogen) atoms. The number of rotatable bonds is 5. The zero-order valence-corrected chi connectivity index (χ0v) is 10.5. The first-order chi connectivity index (χ1) is 9.11. The average molecular weight is 263 g/mol. The van der Waals surface area contributed by atoms with Gasteiger partial charge in [0.15, 0.2) is 5.82 Å². The van der Waals surface area contributed by atoms with Gasteiger partial charge < -0.3 is 15.2 Å². The minimum absolute atomic E-state index is 0.0675. The lowest BCUT2D eigenvalue weighted by Gasteiger charge is -2.04. The molecule has 0 saturated carbocycles. The van der Waals surface area contributed by atoms with Gasteiger partial charge in [0, 0.05) is 19.3 Å². The van der Waals surface area contributed by atoms with E-state index in [2.05, 4.69) is 20.4 Å². The maximum atomic E-state index is 11.0. The van der Waals surface area contributed by atoms with Gasteiger partial charge in [-0.25, -0.2) is 19.4 Å². The Morgan fingerprint density at radius 2 is 2.37 bits per heavy atom. The van der Waals surface area contributed by atoms with Crippen molar-refractivity contribution in [1.29, 1.82) is 0 Å². The molecule has 2 aromatic rings. The Hall–Kier alpha value is -2.64. The predicted molar refractivity (Wildman–Crippen MR) is 66.1 cm³/mol. The quantitative estimate of drug-likeness (QED) is 0.811. The number of carbonyl (C=O) groups is 1. The summed E-state index contributed by atoms with van der Waals surface area (Å²) in [6.07, 6.45) is 2.58. The molecule has 2 aromatic heterocycles. The van der Waals surface area contributed by atoms with Crippen LogP contribution in [0, 0.1) is 0 Å². The molecule has 0 unspecified atom stereocenters. The minimum atomic E-state index is -1.06. The number of carboxylic acid groups (broad SMARTS) is 1. The fourth-order valence-electron chi connectivity index (χ4n) is 1.58. The van der Waals surface area contributed by atoms with E-state index in [-0.39, 0.29) is 12.1 Å². The number of aromatic nitrogens is 4. The van der Waals surface area contributed by atoms with Crippen LogP contribution in [0.1, 0.15) is 16.1 Å². The van der Waals surface area contributed by atoms with Crippen LogP contribution in [0.3, 0.4) is 0 Å². The first kappa shape index (κ1) is 12.8. The molecule has 0 aliphatic carbocycles. The van der Waals surface area contributed by atoms with Gasteiger partial charge in [-0.1, -0.05) is 0 Å². The lowest BCUT2D eigenvalue weighted by atomic mass is 10.2. The molecular weight excluding hydrogens is 250 g/mol. The molecule has 0 amide bonds. The summed E-state index contributed by atoms with van der Waals surface area (Å²) in [5.74, 6) is 0.119. The normalized spacial score (nSPS) is 10.2. The van der Waals surface area contributed by atoms with Gasteiger partial charge in [-0.15, -0.1) is 0 Å². The molecule has 2 N–H and O–H groups in total. The Kier molecular flexibility index (Phi) is 3.60. The lowest BCUT2D eigenvalue weighted by Crippen LogP contribution is -2.10. The first-order valence-corrected chi connectivity index (χ1v) is 5.46. The fourth-order valence-corrected chi connectivity index (χ4v) is 1.58. The largest absolute Gasteiger partial charge is 0.481 e. The average Bonchev–Trinajstić information content (AvgIpc) is 2.77. The van der Waals surface area contributed by atoms with Crippen LogP contribution < -0.4 is 10.1 Å². The number of aromatic carboxylic acids is 1. The molecule has 100 valence electrons. The van der Waals surface area contributed by atoms with Crippen LogP contribution in [-0.2, 0) is 13.6 Å². The van der Waals surface area contributed by atoms with Crippen molar-refractivity contribution in [3.63, 3.8) is 0 Å². The van der Waals surface area contributed by atoms with Crippen LogP contribution in [-0.4, -0.2) is 37.9 Å². The van der Waals surface area contributed by atoms with Gasteiger partial charge in [0.1, 0.15) is 11.9 Å². The summed E-state index contributed by atoms with van der Waals surface area (Å²) in [5, 5.41) is 16.1. The molecule has 0 aliphatic heterocycles. The fraction of sp³-hybridized carbons (Fsp3) is 0.273. The van der Waals surface area contributed by atoms with Gasteiger partial charge in [0.2, 0.25) is 5.88 Å². The van der Waals surface area contributed by atoms with Crippen LogP contribution in [0.2, 0.25) is 0 Å². The number of methoxy groups -OCH3 is 1. The maximum Gasteiger partial charge on any atom is 0.339 e. The molecular formula is C11H13N5O3. The van der Waals surface area contributed by atoms with Crippen LogP contribution in [0.4, 0.5) is 5.82 Å². The van der Waals surface area contributed by atoms with E-state index in [1.807, 2.05) is 0 Å². The number of aryl methyl sites for hydroxylation is 1. The van der Waals surface area contributed by atoms with Crippen LogP contribution in [0.5, 0.6) is 5.88 Å². The van der Waals surface area contributed by atoms with Crippen molar-refractivity contribution in [2.45, 2.75) is 6.54 Å². The van der Waals surface area contributed by atoms with Crippen molar-refractivity contribution in [3.05, 3.63) is 29.8 Å². The van der Waals surface area contributed by atoms with Gasteiger partial charge in [0.25, 0.3) is 0 Å². The van der Waals surface area contributed by atoms with E-state index in [9.17, 15) is 4.79 Å². The van der Waals surface area contributed by atoms with Crippen molar-refractivity contribution in [2.24, 2.45) is 7.05 Å². The summed E-state index contributed by atoms with van der Waals surface area (Å²) in [5.41, 5.74) is 0.463. The van der Waals surface area contributed by atoms with Crippen LogP contribution >= 0.6 is 0 Å². The molecule has 8 heteroatoms. The van der Waals surface area contributed by atoms with Gasteiger partial charge >= 0.3 is 5.97 Å². The lowest BCUT2D eigenvalue weighted by molar-refractivity contribution is 0.0694. The standard InChI is InChI=1S/C11H13N5O3/c1-16-10(19-2)3-9(15-16)13-5-8-7(11(17)18)4-12-6-14-8/h3-4,6H,5H2,1-2H3,(H,13,15)(H,17,18). The van der Waals surface area contributed by atoms with E-state index in [4.69, 9.17) is 9.84 Å². The minimum Gasteiger partial charge on any atom is -0.481 e. The Labute approximate surface area is 109 Å². The Morgan fingerprint density at radius 1 is 1.58 bits per heavy atom. The number of hydrogen-bond donors (Lipinski definition) is 2. The highest BCUT2D eigenvalue weighted by Crippen LogP contribution is 2.16. The predicted octanol–water partition coefficient (Wildman–Crippen LogP) is 0.529. The third kappa shape index (κ3) is 2.79. The Balaban J connectivity index is 2.12. The van der Waals surface area contributed by atoms with Crippen LogP contribution in [0.25, 0.3) is 0 Å². The first-order valence-electron chi connectivity index (χ1n) is 5.46. The molecule has 2 rings (SSSR count). The van der Waals surface area contributed by atoms with Gasteiger partial charge in [0.05, 0.1) is 19.3 Å². The molecule has 0 aromatic carbocycles. The molecule has 0 aliphatic rings. The van der Waals surface area contributed by atoms with Crippen molar-refractivity contribution in [2.75, 3.05) is 12.4 Å². The second kappa shape index (κ2) is 5.34. The number of nitrogens with one attached hydrogen (secondary N) is 1. The zero-order chi connectivity index (χ0) is 13.8.